The van der Waals surface area contributed by atoms with Crippen molar-refractivity contribution in [3.63, 3.8) is 0 Å². The Labute approximate surface area is 110 Å². The molecule has 0 saturated heterocycles. The van der Waals surface area contributed by atoms with Crippen molar-refractivity contribution in [3.8, 4) is 0 Å². The van der Waals surface area contributed by atoms with Crippen LogP contribution in [0.3, 0.4) is 0 Å². The number of benzene rings is 1. The van der Waals surface area contributed by atoms with Crippen molar-refractivity contribution in [1.82, 2.24) is 10.2 Å². The first-order valence-corrected chi connectivity index (χ1v) is 7.02. The summed E-state index contributed by atoms with van der Waals surface area (Å²) < 4.78 is 0. The molecule has 18 heavy (non-hydrogen) atoms. The third-order valence-corrected chi connectivity index (χ3v) is 4.05. The van der Waals surface area contributed by atoms with Gasteiger partial charge in [0.1, 0.15) is 0 Å². The molecule has 1 atom stereocenters. The predicted molar refractivity (Wildman–Crippen MR) is 75.6 cm³/mol. The summed E-state index contributed by atoms with van der Waals surface area (Å²) in [6.45, 7) is 7.09. The molecule has 1 fully saturated rings. The molecule has 2 aliphatic rings. The topological polar surface area (TPSA) is 15.3 Å². The Hall–Kier alpha value is -1.12. The van der Waals surface area contributed by atoms with Gasteiger partial charge in [0.2, 0.25) is 0 Å². The summed E-state index contributed by atoms with van der Waals surface area (Å²) in [7, 11) is 0. The molecule has 1 aliphatic heterocycles. The second-order valence-corrected chi connectivity index (χ2v) is 5.52. The smallest absolute Gasteiger partial charge is 0.0238 e. The van der Waals surface area contributed by atoms with Gasteiger partial charge in [-0.3, -0.25) is 4.90 Å². The monoisotopic (exact) mass is 242 g/mol. The van der Waals surface area contributed by atoms with Gasteiger partial charge in [-0.2, -0.15) is 0 Å². The van der Waals surface area contributed by atoms with Crippen LogP contribution < -0.4 is 5.32 Å². The van der Waals surface area contributed by atoms with Crippen LogP contribution in [-0.4, -0.2) is 30.1 Å². The van der Waals surface area contributed by atoms with E-state index < -0.39 is 0 Å². The Morgan fingerprint density at radius 2 is 2.06 bits per heavy atom. The van der Waals surface area contributed by atoms with Gasteiger partial charge in [-0.25, -0.2) is 0 Å². The van der Waals surface area contributed by atoms with Gasteiger partial charge in [0.25, 0.3) is 0 Å². The highest BCUT2D eigenvalue weighted by Crippen LogP contribution is 2.27. The van der Waals surface area contributed by atoms with Gasteiger partial charge in [-0.1, -0.05) is 30.3 Å². The van der Waals surface area contributed by atoms with Gasteiger partial charge >= 0.3 is 0 Å². The first-order valence-electron chi connectivity index (χ1n) is 7.02. The fourth-order valence-corrected chi connectivity index (χ4v) is 2.91. The minimum atomic E-state index is 0.598. The molecule has 1 aromatic carbocycles. The SMILES string of the molecule is C=CCN(CC1Cc2ccccc2CN1)C1CC1. The molecule has 1 saturated carbocycles. The molecule has 1 N–H and O–H groups in total. The summed E-state index contributed by atoms with van der Waals surface area (Å²) in [5, 5.41) is 3.67. The molecule has 3 rings (SSSR count). The van der Waals surface area contributed by atoms with E-state index in [9.17, 15) is 0 Å². The summed E-state index contributed by atoms with van der Waals surface area (Å²) in [5.41, 5.74) is 2.99. The molecule has 2 heteroatoms. The molecule has 1 unspecified atom stereocenters. The van der Waals surface area contributed by atoms with Crippen LogP contribution in [-0.2, 0) is 13.0 Å². The lowest BCUT2D eigenvalue weighted by atomic mass is 9.95. The van der Waals surface area contributed by atoms with E-state index in [1.165, 1.54) is 24.0 Å². The number of nitrogens with zero attached hydrogens (tertiary/aromatic N) is 1. The molecular formula is C16H22N2. The highest BCUT2D eigenvalue weighted by Gasteiger charge is 2.30. The third-order valence-electron chi connectivity index (χ3n) is 4.05. The lowest BCUT2D eigenvalue weighted by Gasteiger charge is -2.31. The predicted octanol–water partition coefficient (Wildman–Crippen LogP) is 2.35. The van der Waals surface area contributed by atoms with E-state index in [-0.39, 0.29) is 0 Å². The quantitative estimate of drug-likeness (QED) is 0.797. The molecule has 1 aromatic rings. The highest BCUT2D eigenvalue weighted by atomic mass is 15.2. The van der Waals surface area contributed by atoms with Gasteiger partial charge < -0.3 is 5.32 Å². The van der Waals surface area contributed by atoms with Crippen LogP contribution in [0.4, 0.5) is 0 Å². The van der Waals surface area contributed by atoms with Crippen LogP contribution in [0.1, 0.15) is 24.0 Å². The van der Waals surface area contributed by atoms with Crippen LogP contribution in [0.2, 0.25) is 0 Å². The number of fused-ring (bicyclic) bond motifs is 1. The van der Waals surface area contributed by atoms with Crippen LogP contribution in [0.15, 0.2) is 36.9 Å². The Balaban J connectivity index is 1.63. The zero-order valence-corrected chi connectivity index (χ0v) is 10.9. The zero-order chi connectivity index (χ0) is 12.4. The van der Waals surface area contributed by atoms with Crippen LogP contribution in [0.5, 0.6) is 0 Å². The van der Waals surface area contributed by atoms with Crippen LogP contribution in [0, 0.1) is 0 Å². The number of rotatable bonds is 5. The van der Waals surface area contributed by atoms with Crippen molar-refractivity contribution in [2.45, 2.75) is 37.9 Å². The molecule has 0 radical (unpaired) electrons. The van der Waals surface area contributed by atoms with Crippen molar-refractivity contribution in [2.24, 2.45) is 0 Å². The summed E-state index contributed by atoms with van der Waals surface area (Å²) >= 11 is 0. The molecule has 0 bridgehead atoms. The maximum absolute atomic E-state index is 3.88. The van der Waals surface area contributed by atoms with E-state index in [2.05, 4.69) is 41.1 Å². The minimum absolute atomic E-state index is 0.598. The number of nitrogens with one attached hydrogen (secondary N) is 1. The minimum Gasteiger partial charge on any atom is -0.308 e. The van der Waals surface area contributed by atoms with E-state index in [1.807, 2.05) is 6.08 Å². The van der Waals surface area contributed by atoms with Crippen molar-refractivity contribution in [1.29, 1.82) is 0 Å². The number of hydrogen-bond donors (Lipinski definition) is 1. The van der Waals surface area contributed by atoms with Crippen molar-refractivity contribution in [2.75, 3.05) is 13.1 Å². The van der Waals surface area contributed by atoms with Crippen molar-refractivity contribution >= 4 is 0 Å². The first-order chi connectivity index (χ1) is 8.86. The second-order valence-electron chi connectivity index (χ2n) is 5.52. The lowest BCUT2D eigenvalue weighted by molar-refractivity contribution is 0.248. The molecule has 0 aromatic heterocycles. The summed E-state index contributed by atoms with van der Waals surface area (Å²) in [6, 6.07) is 10.2. The van der Waals surface area contributed by atoms with E-state index in [0.29, 0.717) is 6.04 Å². The maximum atomic E-state index is 3.88. The van der Waals surface area contributed by atoms with Gasteiger partial charge in [0, 0.05) is 31.7 Å². The van der Waals surface area contributed by atoms with Gasteiger partial charge in [-0.15, -0.1) is 6.58 Å². The highest BCUT2D eigenvalue weighted by molar-refractivity contribution is 5.30. The van der Waals surface area contributed by atoms with E-state index in [0.717, 1.165) is 32.1 Å². The lowest BCUT2D eigenvalue weighted by Crippen LogP contribution is -2.45. The molecule has 0 spiro atoms. The van der Waals surface area contributed by atoms with Crippen LogP contribution >= 0.6 is 0 Å². The Morgan fingerprint density at radius 3 is 2.78 bits per heavy atom. The summed E-state index contributed by atoms with van der Waals surface area (Å²) in [6.07, 6.45) is 5.94. The third kappa shape index (κ3) is 2.65. The van der Waals surface area contributed by atoms with Crippen molar-refractivity contribution in [3.05, 3.63) is 48.0 Å². The van der Waals surface area contributed by atoms with E-state index in [1.54, 1.807) is 0 Å². The fourth-order valence-electron chi connectivity index (χ4n) is 2.91. The Morgan fingerprint density at radius 1 is 1.28 bits per heavy atom. The first kappa shape index (κ1) is 11.9. The number of hydrogen-bond acceptors (Lipinski definition) is 2. The summed E-state index contributed by atoms with van der Waals surface area (Å²) in [5.74, 6) is 0. The summed E-state index contributed by atoms with van der Waals surface area (Å²) in [4.78, 5) is 2.58. The molecule has 1 aliphatic carbocycles. The fraction of sp³-hybridized carbons (Fsp3) is 0.500. The van der Waals surface area contributed by atoms with Gasteiger partial charge in [0.15, 0.2) is 0 Å². The molecule has 2 nitrogen and oxygen atoms in total. The Bertz CT molecular complexity index is 423. The molecular weight excluding hydrogens is 220 g/mol. The molecule has 1 heterocycles. The average molecular weight is 242 g/mol. The second kappa shape index (κ2) is 5.25. The molecule has 96 valence electrons. The zero-order valence-electron chi connectivity index (χ0n) is 10.9. The average Bonchev–Trinajstić information content (AvgIpc) is 3.22. The normalized spacial score (nSPS) is 22.8. The van der Waals surface area contributed by atoms with E-state index >= 15 is 0 Å². The van der Waals surface area contributed by atoms with E-state index in [4.69, 9.17) is 0 Å². The van der Waals surface area contributed by atoms with Gasteiger partial charge in [-0.05, 0) is 30.4 Å². The Kier molecular flexibility index (Phi) is 3.48. The maximum Gasteiger partial charge on any atom is 0.0238 e. The largest absolute Gasteiger partial charge is 0.308 e. The molecule has 0 amide bonds. The van der Waals surface area contributed by atoms with Gasteiger partial charge in [0.05, 0.1) is 0 Å². The van der Waals surface area contributed by atoms with Crippen LogP contribution in [0.25, 0.3) is 0 Å². The standard InChI is InChI=1S/C16H22N2/c1-2-9-18(16-7-8-16)12-15-10-13-5-3-4-6-14(13)11-17-15/h2-6,15-17H,1,7-12H2. The van der Waals surface area contributed by atoms with Crippen molar-refractivity contribution < 1.29 is 0 Å².